The first-order chi connectivity index (χ1) is 7.33. The Morgan fingerprint density at radius 2 is 2.47 bits per heavy atom. The van der Waals surface area contributed by atoms with Crippen LogP contribution in [-0.4, -0.2) is 22.2 Å². The molecule has 0 fully saturated rings. The van der Waals surface area contributed by atoms with Crippen LogP contribution in [0.15, 0.2) is 30.5 Å². The van der Waals surface area contributed by atoms with Gasteiger partial charge in [-0.2, -0.15) is 0 Å². The number of anilines is 1. The minimum Gasteiger partial charge on any atom is -0.334 e. The molecule has 0 saturated heterocycles. The number of hydrogen-bond donors (Lipinski definition) is 2. The molecule has 1 heterocycles. The van der Waals surface area contributed by atoms with Gasteiger partial charge in [0.25, 0.3) is 0 Å². The first kappa shape index (κ1) is 11.4. The van der Waals surface area contributed by atoms with Crippen LogP contribution in [0.4, 0.5) is 9.80 Å². The third-order valence-electron chi connectivity index (χ3n) is 1.42. The fraction of sp³-hybridized carbons (Fsp3) is 0.222. The number of urea groups is 1. The van der Waals surface area contributed by atoms with Crippen molar-refractivity contribution in [2.75, 3.05) is 11.9 Å². The smallest absolute Gasteiger partial charge is 0.320 e. The highest BCUT2D eigenvalue weighted by Crippen LogP contribution is 2.07. The van der Waals surface area contributed by atoms with Crippen LogP contribution in [0.5, 0.6) is 0 Å². The Bertz CT molecular complexity index is 345. The van der Waals surface area contributed by atoms with Gasteiger partial charge in [0.2, 0.25) is 0 Å². The zero-order chi connectivity index (χ0) is 10.9. The molecular weight excluding hydrogens is 212 g/mol. The molecule has 1 rings (SSSR count). The fourth-order valence-electron chi connectivity index (χ4n) is 0.788. The summed E-state index contributed by atoms with van der Waals surface area (Å²) in [4.78, 5) is 11.2. The van der Waals surface area contributed by atoms with Gasteiger partial charge in [-0.15, -0.1) is 5.10 Å². The predicted octanol–water partition coefficient (Wildman–Crippen LogP) is 1.79. The molecule has 1 aromatic rings. The maximum Gasteiger partial charge on any atom is 0.320 e. The van der Waals surface area contributed by atoms with E-state index in [4.69, 9.17) is 0 Å². The van der Waals surface area contributed by atoms with Crippen LogP contribution in [0.2, 0.25) is 0 Å². The van der Waals surface area contributed by atoms with E-state index in [-0.39, 0.29) is 6.03 Å². The van der Waals surface area contributed by atoms with Crippen LogP contribution in [0.1, 0.15) is 6.92 Å². The average molecular weight is 224 g/mol. The van der Waals surface area contributed by atoms with Crippen molar-refractivity contribution < 1.29 is 4.79 Å². The van der Waals surface area contributed by atoms with E-state index in [2.05, 4.69) is 20.2 Å². The maximum atomic E-state index is 11.2. The molecule has 0 atom stereocenters. The first-order valence-electron chi connectivity index (χ1n) is 4.43. The molecule has 0 aliphatic carbocycles. The molecule has 0 aliphatic rings. The Kier molecular flexibility index (Phi) is 5.10. The van der Waals surface area contributed by atoms with Crippen molar-refractivity contribution >= 4 is 22.6 Å². The van der Waals surface area contributed by atoms with E-state index >= 15 is 0 Å². The van der Waals surface area contributed by atoms with Crippen molar-refractivity contribution in [2.45, 2.75) is 6.92 Å². The second-order valence-corrected chi connectivity index (χ2v) is 3.36. The molecule has 80 valence electrons. The molecule has 0 unspecified atom stereocenters. The predicted molar refractivity (Wildman–Crippen MR) is 60.9 cm³/mol. The highest BCUT2D eigenvalue weighted by molar-refractivity contribution is 7.10. The van der Waals surface area contributed by atoms with E-state index in [0.717, 1.165) is 11.5 Å². The lowest BCUT2D eigenvalue weighted by atomic mass is 10.4. The molecule has 5 nitrogen and oxygen atoms in total. The standard InChI is InChI=1S/C9H12N4OS/c1-2-3-4-5-6-10-9(14)12-8-7-11-13-15-8/h2-5,7H,6H2,1H3,(H2,10,12,14)/b3-2+,5-4+. The number of hydrogen-bond acceptors (Lipinski definition) is 4. The van der Waals surface area contributed by atoms with Gasteiger partial charge in [0.15, 0.2) is 0 Å². The Morgan fingerprint density at radius 3 is 3.13 bits per heavy atom. The topological polar surface area (TPSA) is 66.9 Å². The van der Waals surface area contributed by atoms with Crippen molar-refractivity contribution in [3.05, 3.63) is 30.5 Å². The second-order valence-electron chi connectivity index (χ2n) is 2.57. The molecule has 0 aromatic carbocycles. The van der Waals surface area contributed by atoms with E-state index in [1.165, 1.54) is 6.20 Å². The SMILES string of the molecule is C/C=C/C=C/CNC(=O)Nc1cnns1. The quantitative estimate of drug-likeness (QED) is 0.766. The summed E-state index contributed by atoms with van der Waals surface area (Å²) in [6.45, 7) is 2.42. The van der Waals surface area contributed by atoms with E-state index in [1.807, 2.05) is 31.2 Å². The fourth-order valence-corrected chi connectivity index (χ4v) is 1.20. The summed E-state index contributed by atoms with van der Waals surface area (Å²) in [6, 6.07) is -0.258. The largest absolute Gasteiger partial charge is 0.334 e. The Labute approximate surface area is 92.1 Å². The zero-order valence-electron chi connectivity index (χ0n) is 8.30. The molecule has 0 spiro atoms. The summed E-state index contributed by atoms with van der Waals surface area (Å²) in [7, 11) is 0. The lowest BCUT2D eigenvalue weighted by Crippen LogP contribution is -2.28. The van der Waals surface area contributed by atoms with Gasteiger partial charge in [-0.05, 0) is 6.92 Å². The highest BCUT2D eigenvalue weighted by Gasteiger charge is 2.00. The average Bonchev–Trinajstić information content (AvgIpc) is 2.70. The number of aromatic nitrogens is 2. The van der Waals surface area contributed by atoms with Gasteiger partial charge < -0.3 is 5.32 Å². The summed E-state index contributed by atoms with van der Waals surface area (Å²) < 4.78 is 3.62. The first-order valence-corrected chi connectivity index (χ1v) is 5.20. The van der Waals surface area contributed by atoms with Gasteiger partial charge in [0.05, 0.1) is 6.20 Å². The Morgan fingerprint density at radius 1 is 1.60 bits per heavy atom. The third kappa shape index (κ3) is 4.92. The minimum absolute atomic E-state index is 0.258. The Balaban J connectivity index is 2.19. The molecule has 0 bridgehead atoms. The summed E-state index contributed by atoms with van der Waals surface area (Å²) in [5.74, 6) is 0. The zero-order valence-corrected chi connectivity index (χ0v) is 9.12. The van der Waals surface area contributed by atoms with Gasteiger partial charge in [-0.3, -0.25) is 5.32 Å². The van der Waals surface area contributed by atoms with Crippen molar-refractivity contribution in [3.8, 4) is 0 Å². The van der Waals surface area contributed by atoms with Crippen LogP contribution in [-0.2, 0) is 0 Å². The summed E-state index contributed by atoms with van der Waals surface area (Å²) in [5, 5.41) is 9.49. The monoisotopic (exact) mass is 224 g/mol. The van der Waals surface area contributed by atoms with E-state index in [0.29, 0.717) is 11.5 Å². The van der Waals surface area contributed by atoms with Gasteiger partial charge in [0, 0.05) is 18.1 Å². The molecular formula is C9H12N4OS. The number of carbonyl (C=O) groups excluding carboxylic acids is 1. The summed E-state index contributed by atoms with van der Waals surface area (Å²) >= 11 is 1.14. The van der Waals surface area contributed by atoms with Crippen molar-refractivity contribution in [3.63, 3.8) is 0 Å². The molecule has 0 aliphatic heterocycles. The Hall–Kier alpha value is -1.69. The van der Waals surface area contributed by atoms with E-state index < -0.39 is 0 Å². The van der Waals surface area contributed by atoms with Crippen LogP contribution in [0.3, 0.4) is 0 Å². The number of nitrogens with zero attached hydrogens (tertiary/aromatic N) is 2. The number of amides is 2. The van der Waals surface area contributed by atoms with Crippen LogP contribution >= 0.6 is 11.5 Å². The van der Waals surface area contributed by atoms with Gasteiger partial charge in [0.1, 0.15) is 5.00 Å². The third-order valence-corrected chi connectivity index (χ3v) is 2.00. The lowest BCUT2D eigenvalue weighted by molar-refractivity contribution is 0.253. The van der Waals surface area contributed by atoms with E-state index in [1.54, 1.807) is 0 Å². The summed E-state index contributed by atoms with van der Waals surface area (Å²) in [6.07, 6.45) is 9.03. The van der Waals surface area contributed by atoms with Crippen LogP contribution in [0, 0.1) is 0 Å². The van der Waals surface area contributed by atoms with Crippen molar-refractivity contribution in [1.29, 1.82) is 0 Å². The maximum absolute atomic E-state index is 11.2. The number of rotatable bonds is 4. The van der Waals surface area contributed by atoms with Crippen LogP contribution < -0.4 is 10.6 Å². The summed E-state index contributed by atoms with van der Waals surface area (Å²) in [5.41, 5.74) is 0. The molecule has 0 radical (unpaired) electrons. The van der Waals surface area contributed by atoms with Crippen molar-refractivity contribution in [2.24, 2.45) is 0 Å². The molecule has 2 N–H and O–H groups in total. The number of carbonyl (C=O) groups is 1. The van der Waals surface area contributed by atoms with Gasteiger partial charge in [-0.25, -0.2) is 4.79 Å². The van der Waals surface area contributed by atoms with Gasteiger partial charge >= 0.3 is 6.03 Å². The normalized spacial score (nSPS) is 11.0. The molecule has 15 heavy (non-hydrogen) atoms. The number of nitrogens with one attached hydrogen (secondary N) is 2. The van der Waals surface area contributed by atoms with Crippen LogP contribution in [0.25, 0.3) is 0 Å². The molecule has 1 aromatic heterocycles. The van der Waals surface area contributed by atoms with Crippen molar-refractivity contribution in [1.82, 2.24) is 14.9 Å². The molecule has 0 saturated carbocycles. The van der Waals surface area contributed by atoms with E-state index in [9.17, 15) is 4.79 Å². The second kappa shape index (κ2) is 6.72. The number of allylic oxidation sites excluding steroid dienone is 3. The highest BCUT2D eigenvalue weighted by atomic mass is 32.1. The molecule has 6 heteroatoms. The van der Waals surface area contributed by atoms with Gasteiger partial charge in [-0.1, -0.05) is 28.8 Å². The molecule has 2 amide bonds. The minimum atomic E-state index is -0.258. The lowest BCUT2D eigenvalue weighted by Gasteiger charge is -2.01.